The quantitative estimate of drug-likeness (QED) is 0.527. The number of thioether (sulfide) groups is 1. The number of tetrazole rings is 1. The number of carboxylic acids is 1. The summed E-state index contributed by atoms with van der Waals surface area (Å²) >= 11 is 1.14. The smallest absolute Gasteiger partial charge is 0.326 e. The van der Waals surface area contributed by atoms with Gasteiger partial charge < -0.3 is 15.4 Å². The van der Waals surface area contributed by atoms with Gasteiger partial charge in [0, 0.05) is 30.6 Å². The van der Waals surface area contributed by atoms with Crippen molar-refractivity contribution in [1.82, 2.24) is 30.5 Å². The fraction of sp³-hybridized carbons (Fsp3) is 0.267. The number of carbonyl (C=O) groups is 2. The van der Waals surface area contributed by atoms with E-state index in [4.69, 9.17) is 0 Å². The highest BCUT2D eigenvalue weighted by Gasteiger charge is 2.22. The second kappa shape index (κ2) is 7.34. The molecule has 0 unspecified atom stereocenters. The zero-order valence-corrected chi connectivity index (χ0v) is 14.2. The molecule has 2 aromatic heterocycles. The molecule has 2 heterocycles. The third kappa shape index (κ3) is 3.97. The molecule has 25 heavy (non-hydrogen) atoms. The molecule has 130 valence electrons. The number of benzene rings is 1. The van der Waals surface area contributed by atoms with Crippen LogP contribution in [0.4, 0.5) is 0 Å². The van der Waals surface area contributed by atoms with Crippen LogP contribution in [0.25, 0.3) is 10.9 Å². The van der Waals surface area contributed by atoms with E-state index in [1.165, 1.54) is 4.68 Å². The number of fused-ring (bicyclic) bond motifs is 1. The van der Waals surface area contributed by atoms with Crippen LogP contribution in [-0.4, -0.2) is 54.0 Å². The molecule has 0 saturated carbocycles. The number of aromatic nitrogens is 5. The van der Waals surface area contributed by atoms with Crippen LogP contribution in [0.1, 0.15) is 5.56 Å². The van der Waals surface area contributed by atoms with Gasteiger partial charge in [-0.2, -0.15) is 0 Å². The fourth-order valence-electron chi connectivity index (χ4n) is 2.43. The van der Waals surface area contributed by atoms with Crippen LogP contribution >= 0.6 is 11.8 Å². The lowest BCUT2D eigenvalue weighted by molar-refractivity contribution is -0.141. The van der Waals surface area contributed by atoms with Gasteiger partial charge in [-0.25, -0.2) is 9.48 Å². The fourth-order valence-corrected chi connectivity index (χ4v) is 3.09. The van der Waals surface area contributed by atoms with Crippen molar-refractivity contribution in [3.8, 4) is 0 Å². The summed E-state index contributed by atoms with van der Waals surface area (Å²) in [5.74, 6) is -1.43. The van der Waals surface area contributed by atoms with Crippen molar-refractivity contribution in [2.45, 2.75) is 17.6 Å². The molecule has 3 aromatic rings. The van der Waals surface area contributed by atoms with E-state index in [0.717, 1.165) is 28.2 Å². The van der Waals surface area contributed by atoms with Crippen molar-refractivity contribution in [1.29, 1.82) is 0 Å². The predicted octanol–water partition coefficient (Wildman–Crippen LogP) is 0.596. The number of nitrogens with one attached hydrogen (secondary N) is 2. The second-order valence-electron chi connectivity index (χ2n) is 5.40. The second-order valence-corrected chi connectivity index (χ2v) is 6.34. The number of amides is 1. The maximum absolute atomic E-state index is 12.1. The van der Waals surface area contributed by atoms with Gasteiger partial charge in [0.1, 0.15) is 6.04 Å². The number of aromatic amines is 1. The Morgan fingerprint density at radius 1 is 1.40 bits per heavy atom. The predicted molar refractivity (Wildman–Crippen MR) is 91.1 cm³/mol. The molecule has 0 saturated heterocycles. The van der Waals surface area contributed by atoms with Gasteiger partial charge in [-0.1, -0.05) is 30.0 Å². The maximum Gasteiger partial charge on any atom is 0.326 e. The zero-order chi connectivity index (χ0) is 17.8. The number of aryl methyl sites for hydroxylation is 1. The average molecular weight is 360 g/mol. The van der Waals surface area contributed by atoms with Crippen LogP contribution in [0.2, 0.25) is 0 Å². The monoisotopic (exact) mass is 360 g/mol. The van der Waals surface area contributed by atoms with E-state index < -0.39 is 12.0 Å². The molecular formula is C15H16N6O3S. The van der Waals surface area contributed by atoms with Crippen molar-refractivity contribution in [2.75, 3.05) is 5.75 Å². The molecule has 0 aliphatic carbocycles. The highest BCUT2D eigenvalue weighted by Crippen LogP contribution is 2.19. The molecular weight excluding hydrogens is 344 g/mol. The Bertz CT molecular complexity index is 905. The number of carboxylic acid groups (broad SMARTS) is 1. The van der Waals surface area contributed by atoms with Crippen molar-refractivity contribution < 1.29 is 14.7 Å². The number of hydrogen-bond donors (Lipinski definition) is 3. The van der Waals surface area contributed by atoms with Gasteiger partial charge >= 0.3 is 5.97 Å². The lowest BCUT2D eigenvalue weighted by atomic mass is 10.1. The van der Waals surface area contributed by atoms with Crippen molar-refractivity contribution in [3.05, 3.63) is 36.0 Å². The number of rotatable bonds is 7. The topological polar surface area (TPSA) is 126 Å². The van der Waals surface area contributed by atoms with Crippen molar-refractivity contribution >= 4 is 34.5 Å². The Hall–Kier alpha value is -2.88. The maximum atomic E-state index is 12.1. The SMILES string of the molecule is Cn1nnnc1SCC(=O)N[C@@H](Cc1c[nH]c2ccccc12)C(=O)O. The summed E-state index contributed by atoms with van der Waals surface area (Å²) in [4.78, 5) is 26.7. The Labute approximate surface area is 146 Å². The zero-order valence-electron chi connectivity index (χ0n) is 13.3. The lowest BCUT2D eigenvalue weighted by Crippen LogP contribution is -2.43. The highest BCUT2D eigenvalue weighted by molar-refractivity contribution is 7.99. The summed E-state index contributed by atoms with van der Waals surface area (Å²) in [5, 5.41) is 24.3. The number of H-pyrrole nitrogens is 1. The molecule has 1 amide bonds. The summed E-state index contributed by atoms with van der Waals surface area (Å²) in [5.41, 5.74) is 1.77. The molecule has 0 aliphatic heterocycles. The first-order chi connectivity index (χ1) is 12.0. The molecule has 3 rings (SSSR count). The van der Waals surface area contributed by atoms with Crippen LogP contribution in [0.5, 0.6) is 0 Å². The Balaban J connectivity index is 1.64. The summed E-state index contributed by atoms with van der Waals surface area (Å²) in [6.07, 6.45) is 1.97. The normalized spacial score (nSPS) is 12.2. The molecule has 3 N–H and O–H groups in total. The molecule has 0 radical (unpaired) electrons. The Morgan fingerprint density at radius 2 is 2.20 bits per heavy atom. The molecule has 0 fully saturated rings. The summed E-state index contributed by atoms with van der Waals surface area (Å²) in [7, 11) is 1.66. The molecule has 1 atom stereocenters. The van der Waals surface area contributed by atoms with Gasteiger partial charge in [-0.15, -0.1) is 5.10 Å². The van der Waals surface area contributed by atoms with Crippen LogP contribution in [0, 0.1) is 0 Å². The number of nitrogens with zero attached hydrogens (tertiary/aromatic N) is 4. The number of hydrogen-bond acceptors (Lipinski definition) is 6. The highest BCUT2D eigenvalue weighted by atomic mass is 32.2. The standard InChI is InChI=1S/C15H16N6O3S/c1-21-15(18-19-20-21)25-8-13(22)17-12(14(23)24)6-9-7-16-11-5-3-2-4-10(9)11/h2-5,7,12,16H,6,8H2,1H3,(H,17,22)(H,23,24)/t12-/m0/s1. The first-order valence-electron chi connectivity index (χ1n) is 7.47. The molecule has 1 aromatic carbocycles. The number of para-hydroxylation sites is 1. The minimum absolute atomic E-state index is 0.0336. The third-order valence-corrected chi connectivity index (χ3v) is 4.66. The van der Waals surface area contributed by atoms with Crippen LogP contribution in [-0.2, 0) is 23.1 Å². The van der Waals surface area contributed by atoms with Gasteiger partial charge in [0.05, 0.1) is 5.75 Å². The minimum atomic E-state index is -1.08. The van der Waals surface area contributed by atoms with Crippen LogP contribution in [0.15, 0.2) is 35.6 Å². The minimum Gasteiger partial charge on any atom is -0.480 e. The largest absolute Gasteiger partial charge is 0.480 e. The van der Waals surface area contributed by atoms with E-state index in [1.807, 2.05) is 24.3 Å². The van der Waals surface area contributed by atoms with E-state index in [2.05, 4.69) is 25.8 Å². The van der Waals surface area contributed by atoms with Crippen molar-refractivity contribution in [3.63, 3.8) is 0 Å². The third-order valence-electron chi connectivity index (χ3n) is 3.65. The lowest BCUT2D eigenvalue weighted by Gasteiger charge is -2.14. The first kappa shape index (κ1) is 17.0. The van der Waals surface area contributed by atoms with E-state index in [0.29, 0.717) is 5.16 Å². The van der Waals surface area contributed by atoms with Gasteiger partial charge in [-0.3, -0.25) is 4.79 Å². The molecule has 0 spiro atoms. The average Bonchev–Trinajstić information content (AvgIpc) is 3.19. The first-order valence-corrected chi connectivity index (χ1v) is 8.45. The van der Waals surface area contributed by atoms with Crippen LogP contribution in [0.3, 0.4) is 0 Å². The molecule has 9 nitrogen and oxygen atoms in total. The molecule has 10 heteroatoms. The molecule has 0 bridgehead atoms. The number of carbonyl (C=O) groups excluding carboxylic acids is 1. The van der Waals surface area contributed by atoms with E-state index in [-0.39, 0.29) is 18.1 Å². The molecule has 0 aliphatic rings. The Morgan fingerprint density at radius 3 is 2.92 bits per heavy atom. The van der Waals surface area contributed by atoms with Crippen molar-refractivity contribution in [2.24, 2.45) is 7.05 Å². The summed E-state index contributed by atoms with van der Waals surface area (Å²) in [6.45, 7) is 0. The van der Waals surface area contributed by atoms with Gasteiger partial charge in [0.15, 0.2) is 0 Å². The van der Waals surface area contributed by atoms with Gasteiger partial charge in [0.2, 0.25) is 11.1 Å². The van der Waals surface area contributed by atoms with E-state index >= 15 is 0 Å². The van der Waals surface area contributed by atoms with Gasteiger partial charge in [-0.05, 0) is 22.1 Å². The number of aliphatic carboxylic acids is 1. The van der Waals surface area contributed by atoms with E-state index in [9.17, 15) is 14.7 Å². The van der Waals surface area contributed by atoms with Gasteiger partial charge in [0.25, 0.3) is 0 Å². The summed E-state index contributed by atoms with van der Waals surface area (Å²) < 4.78 is 1.44. The Kier molecular flexibility index (Phi) is 4.98. The van der Waals surface area contributed by atoms with Crippen LogP contribution < -0.4 is 5.32 Å². The van der Waals surface area contributed by atoms with E-state index in [1.54, 1.807) is 13.2 Å². The summed E-state index contributed by atoms with van der Waals surface area (Å²) in [6, 6.07) is 6.61.